The molecular formula is C18H24ClNO5. The van der Waals surface area contributed by atoms with E-state index in [2.05, 4.69) is 0 Å². The lowest BCUT2D eigenvalue weighted by molar-refractivity contribution is -0.141. The van der Waals surface area contributed by atoms with Crippen LogP contribution in [0.3, 0.4) is 0 Å². The maximum absolute atomic E-state index is 12.9. The van der Waals surface area contributed by atoms with E-state index in [1.165, 1.54) is 25.0 Å². The van der Waals surface area contributed by atoms with Gasteiger partial charge in [-0.2, -0.15) is 0 Å². The number of hydrogen-bond donors (Lipinski definition) is 1. The summed E-state index contributed by atoms with van der Waals surface area (Å²) in [5.74, 6) is -0.346. The van der Waals surface area contributed by atoms with Crippen molar-refractivity contribution in [3.8, 4) is 11.5 Å². The summed E-state index contributed by atoms with van der Waals surface area (Å²) in [6.45, 7) is 6.00. The van der Waals surface area contributed by atoms with Crippen LogP contribution in [0.5, 0.6) is 11.5 Å². The Hall–Kier alpha value is -1.95. The minimum atomic E-state index is -1.03. The zero-order valence-electron chi connectivity index (χ0n) is 14.9. The molecule has 0 aliphatic heterocycles. The Kier molecular flexibility index (Phi) is 6.16. The fourth-order valence-electron chi connectivity index (χ4n) is 2.51. The summed E-state index contributed by atoms with van der Waals surface area (Å²) in [5.41, 5.74) is 0.291. The topological polar surface area (TPSA) is 76.1 Å². The lowest BCUT2D eigenvalue weighted by Gasteiger charge is -2.27. The Balaban J connectivity index is 2.33. The molecule has 0 spiro atoms. The minimum Gasteiger partial charge on any atom is -0.493 e. The number of amides is 1. The zero-order valence-corrected chi connectivity index (χ0v) is 15.7. The van der Waals surface area contributed by atoms with Gasteiger partial charge in [0.15, 0.2) is 11.5 Å². The van der Waals surface area contributed by atoms with Crippen molar-refractivity contribution in [2.24, 2.45) is 5.92 Å². The van der Waals surface area contributed by atoms with Crippen molar-refractivity contribution in [3.05, 3.63) is 22.7 Å². The van der Waals surface area contributed by atoms with Gasteiger partial charge in [-0.1, -0.05) is 25.4 Å². The van der Waals surface area contributed by atoms with Gasteiger partial charge >= 0.3 is 5.97 Å². The second-order valence-corrected chi connectivity index (χ2v) is 7.06. The van der Waals surface area contributed by atoms with Gasteiger partial charge in [0, 0.05) is 11.6 Å². The zero-order chi connectivity index (χ0) is 18.7. The van der Waals surface area contributed by atoms with E-state index in [-0.39, 0.29) is 17.0 Å². The Morgan fingerprint density at radius 1 is 1.32 bits per heavy atom. The van der Waals surface area contributed by atoms with Gasteiger partial charge in [-0.05, 0) is 37.8 Å². The van der Waals surface area contributed by atoms with Crippen molar-refractivity contribution in [3.63, 3.8) is 0 Å². The van der Waals surface area contributed by atoms with Crippen molar-refractivity contribution in [2.45, 2.75) is 45.7 Å². The molecule has 0 radical (unpaired) electrons. The van der Waals surface area contributed by atoms with E-state index in [4.69, 9.17) is 21.1 Å². The maximum Gasteiger partial charge on any atom is 0.326 e. The Labute approximate surface area is 152 Å². The monoisotopic (exact) mass is 369 g/mol. The normalized spacial score (nSPS) is 15.0. The molecule has 2 rings (SSSR count). The second-order valence-electron chi connectivity index (χ2n) is 6.65. The molecular weight excluding hydrogens is 346 g/mol. The number of benzene rings is 1. The van der Waals surface area contributed by atoms with Crippen LogP contribution in [-0.4, -0.2) is 47.7 Å². The summed E-state index contributed by atoms with van der Waals surface area (Å²) in [6.07, 6.45) is 1.62. The molecule has 1 amide bonds. The van der Waals surface area contributed by atoms with Gasteiger partial charge < -0.3 is 19.5 Å². The third kappa shape index (κ3) is 4.57. The van der Waals surface area contributed by atoms with Crippen LogP contribution < -0.4 is 9.47 Å². The van der Waals surface area contributed by atoms with Crippen molar-refractivity contribution < 1.29 is 24.2 Å². The average molecular weight is 370 g/mol. The van der Waals surface area contributed by atoms with Gasteiger partial charge in [0.05, 0.1) is 18.7 Å². The first-order valence-electron chi connectivity index (χ1n) is 8.32. The van der Waals surface area contributed by atoms with Crippen LogP contribution in [0.15, 0.2) is 12.1 Å². The van der Waals surface area contributed by atoms with Crippen molar-refractivity contribution >= 4 is 23.5 Å². The molecule has 138 valence electrons. The molecule has 0 bridgehead atoms. The summed E-state index contributed by atoms with van der Waals surface area (Å²) < 4.78 is 11.0. The number of carbonyl (C=O) groups is 2. The molecule has 1 saturated carbocycles. The average Bonchev–Trinajstić information content (AvgIpc) is 3.37. The number of hydrogen-bond acceptors (Lipinski definition) is 4. The molecule has 6 nitrogen and oxygen atoms in total. The first-order valence-corrected chi connectivity index (χ1v) is 8.69. The standard InChI is InChI=1S/C18H24ClNO5/c1-10(2)9-25-16-14(19)7-12(8-15(16)24-4)17(21)20(13-5-6-13)11(3)18(22)23/h7-8,10-11,13H,5-6,9H2,1-4H3,(H,22,23). The highest BCUT2D eigenvalue weighted by atomic mass is 35.5. The fourth-order valence-corrected chi connectivity index (χ4v) is 2.78. The largest absolute Gasteiger partial charge is 0.493 e. The lowest BCUT2D eigenvalue weighted by Crippen LogP contribution is -2.44. The van der Waals surface area contributed by atoms with Crippen molar-refractivity contribution in [1.82, 2.24) is 4.90 Å². The molecule has 0 aromatic heterocycles. The van der Waals surface area contributed by atoms with Gasteiger partial charge in [-0.3, -0.25) is 4.79 Å². The minimum absolute atomic E-state index is 0.0414. The molecule has 1 aromatic carbocycles. The van der Waals surface area contributed by atoms with Gasteiger partial charge in [-0.25, -0.2) is 4.79 Å². The molecule has 1 unspecified atom stereocenters. The molecule has 7 heteroatoms. The van der Waals surface area contributed by atoms with E-state index in [9.17, 15) is 14.7 Å². The third-order valence-electron chi connectivity index (χ3n) is 3.99. The number of rotatable bonds is 8. The Morgan fingerprint density at radius 2 is 1.96 bits per heavy atom. The van der Waals surface area contributed by atoms with Gasteiger partial charge in [0.25, 0.3) is 5.91 Å². The van der Waals surface area contributed by atoms with E-state index >= 15 is 0 Å². The summed E-state index contributed by atoms with van der Waals surface area (Å²) in [5, 5.41) is 9.55. The molecule has 1 atom stereocenters. The summed E-state index contributed by atoms with van der Waals surface area (Å²) in [4.78, 5) is 25.6. The van der Waals surface area contributed by atoms with Crippen molar-refractivity contribution in [2.75, 3.05) is 13.7 Å². The number of methoxy groups -OCH3 is 1. The molecule has 1 aromatic rings. The van der Waals surface area contributed by atoms with Gasteiger partial charge in [-0.15, -0.1) is 0 Å². The summed E-state index contributed by atoms with van der Waals surface area (Å²) >= 11 is 6.29. The lowest BCUT2D eigenvalue weighted by atomic mass is 10.1. The first-order chi connectivity index (χ1) is 11.8. The Morgan fingerprint density at radius 3 is 2.44 bits per heavy atom. The molecule has 25 heavy (non-hydrogen) atoms. The molecule has 1 aliphatic rings. The second kappa shape index (κ2) is 7.95. The van der Waals surface area contributed by atoms with Crippen LogP contribution in [0.4, 0.5) is 0 Å². The molecule has 1 aliphatic carbocycles. The number of carboxylic acids is 1. The van der Waals surface area contributed by atoms with Gasteiger partial charge in [0.1, 0.15) is 6.04 Å². The first kappa shape index (κ1) is 19.4. The van der Waals surface area contributed by atoms with E-state index < -0.39 is 12.0 Å². The Bertz CT molecular complexity index is 657. The highest BCUT2D eigenvalue weighted by molar-refractivity contribution is 6.32. The van der Waals surface area contributed by atoms with Crippen LogP contribution in [0.25, 0.3) is 0 Å². The van der Waals surface area contributed by atoms with Crippen LogP contribution in [-0.2, 0) is 4.79 Å². The number of aliphatic carboxylic acids is 1. The number of carboxylic acid groups (broad SMARTS) is 1. The SMILES string of the molecule is COc1cc(C(=O)N(C2CC2)C(C)C(=O)O)cc(Cl)c1OCC(C)C. The summed E-state index contributed by atoms with van der Waals surface area (Å²) in [6, 6.07) is 2.11. The highest BCUT2D eigenvalue weighted by Crippen LogP contribution is 2.38. The molecule has 0 heterocycles. The molecule has 1 fully saturated rings. The third-order valence-corrected chi connectivity index (χ3v) is 4.27. The quantitative estimate of drug-likeness (QED) is 0.759. The predicted octanol–water partition coefficient (Wildman–Crippen LogP) is 3.46. The molecule has 0 saturated heterocycles. The fraction of sp³-hybridized carbons (Fsp3) is 0.556. The number of nitrogens with zero attached hydrogens (tertiary/aromatic N) is 1. The number of ether oxygens (including phenoxy) is 2. The van der Waals surface area contributed by atoms with E-state index in [0.717, 1.165) is 12.8 Å². The number of halogens is 1. The predicted molar refractivity (Wildman–Crippen MR) is 94.6 cm³/mol. The van der Waals surface area contributed by atoms with Crippen LogP contribution in [0, 0.1) is 5.92 Å². The van der Waals surface area contributed by atoms with E-state index in [1.54, 1.807) is 6.07 Å². The van der Waals surface area contributed by atoms with Crippen LogP contribution >= 0.6 is 11.6 Å². The van der Waals surface area contributed by atoms with Crippen LogP contribution in [0.1, 0.15) is 44.0 Å². The highest BCUT2D eigenvalue weighted by Gasteiger charge is 2.39. The number of carbonyl (C=O) groups excluding carboxylic acids is 1. The smallest absolute Gasteiger partial charge is 0.326 e. The summed E-state index contributed by atoms with van der Waals surface area (Å²) in [7, 11) is 1.47. The molecule has 1 N–H and O–H groups in total. The van der Waals surface area contributed by atoms with E-state index in [0.29, 0.717) is 29.6 Å². The van der Waals surface area contributed by atoms with E-state index in [1.807, 2.05) is 13.8 Å². The maximum atomic E-state index is 12.9. The van der Waals surface area contributed by atoms with Gasteiger partial charge in [0.2, 0.25) is 0 Å². The van der Waals surface area contributed by atoms with Crippen molar-refractivity contribution in [1.29, 1.82) is 0 Å². The van der Waals surface area contributed by atoms with Crippen LogP contribution in [0.2, 0.25) is 5.02 Å².